The smallest absolute Gasteiger partial charge is 0.340 e. The molecule has 2 aliphatic heterocycles. The zero-order chi connectivity index (χ0) is 20.2. The van der Waals surface area contributed by atoms with E-state index in [4.69, 9.17) is 21.1 Å². The Morgan fingerprint density at radius 2 is 1.59 bits per heavy atom. The Bertz CT molecular complexity index is 1140. The minimum Gasteiger partial charge on any atom is -0.456 e. The highest BCUT2D eigenvalue weighted by Gasteiger charge is 2.53. The number of rotatable bonds is 3. The van der Waals surface area contributed by atoms with E-state index in [1.165, 1.54) is 0 Å². The van der Waals surface area contributed by atoms with Gasteiger partial charge < -0.3 is 14.4 Å². The summed E-state index contributed by atoms with van der Waals surface area (Å²) in [6.07, 6.45) is 0. The number of nitrogens with zero attached hydrogens (tertiary/aromatic N) is 1. The molecule has 0 aliphatic carbocycles. The topological polar surface area (TPSA) is 38.8 Å². The lowest BCUT2D eigenvalue weighted by Gasteiger charge is -2.37. The number of esters is 1. The second-order valence-electron chi connectivity index (χ2n) is 7.21. The van der Waals surface area contributed by atoms with Crippen molar-refractivity contribution in [1.29, 1.82) is 0 Å². The first-order valence-electron chi connectivity index (χ1n) is 9.78. The molecule has 29 heavy (non-hydrogen) atoms. The molecule has 1 spiro atoms. The van der Waals surface area contributed by atoms with Crippen molar-refractivity contribution < 1.29 is 14.3 Å². The maximum absolute atomic E-state index is 12.8. The van der Waals surface area contributed by atoms with Gasteiger partial charge in [0, 0.05) is 46.6 Å². The summed E-state index contributed by atoms with van der Waals surface area (Å²) in [6, 6.07) is 19.1. The van der Waals surface area contributed by atoms with Gasteiger partial charge in [0.2, 0.25) is 0 Å². The highest BCUT2D eigenvalue weighted by Crippen LogP contribution is 2.56. The Balaban J connectivity index is 1.80. The van der Waals surface area contributed by atoms with Crippen molar-refractivity contribution in [3.8, 4) is 11.5 Å². The number of fused-ring (bicyclic) bond motifs is 6. The maximum atomic E-state index is 12.8. The summed E-state index contributed by atoms with van der Waals surface area (Å²) in [5.41, 5.74) is 3.03. The predicted molar refractivity (Wildman–Crippen MR) is 113 cm³/mol. The van der Waals surface area contributed by atoms with E-state index in [9.17, 15) is 4.79 Å². The maximum Gasteiger partial charge on any atom is 0.340 e. The zero-order valence-corrected chi connectivity index (χ0v) is 17.0. The SMILES string of the molecule is CCN(CC)c1ccc2c(c1)Oc1cc(Cl)ccc1C21OC(=O)c2ccccc21. The molecule has 0 saturated heterocycles. The number of anilines is 1. The third kappa shape index (κ3) is 2.49. The number of hydrogen-bond donors (Lipinski definition) is 0. The van der Waals surface area contributed by atoms with Crippen LogP contribution in [-0.4, -0.2) is 19.1 Å². The number of halogens is 1. The van der Waals surface area contributed by atoms with Gasteiger partial charge >= 0.3 is 5.97 Å². The summed E-state index contributed by atoms with van der Waals surface area (Å²) in [6.45, 7) is 6.02. The lowest BCUT2D eigenvalue weighted by atomic mass is 9.77. The van der Waals surface area contributed by atoms with E-state index in [0.29, 0.717) is 22.1 Å². The second kappa shape index (κ2) is 6.53. The molecule has 3 aromatic carbocycles. The first-order valence-corrected chi connectivity index (χ1v) is 10.2. The van der Waals surface area contributed by atoms with Gasteiger partial charge in [-0.3, -0.25) is 0 Å². The predicted octanol–water partition coefficient (Wildman–Crippen LogP) is 5.75. The van der Waals surface area contributed by atoms with Crippen LogP contribution in [0.4, 0.5) is 5.69 Å². The van der Waals surface area contributed by atoms with Gasteiger partial charge in [-0.1, -0.05) is 29.8 Å². The molecule has 0 bridgehead atoms. The fourth-order valence-electron chi connectivity index (χ4n) is 4.42. The molecule has 0 saturated carbocycles. The minimum atomic E-state index is -1.04. The second-order valence-corrected chi connectivity index (χ2v) is 7.65. The summed E-state index contributed by atoms with van der Waals surface area (Å²) < 4.78 is 12.4. The van der Waals surface area contributed by atoms with Crippen molar-refractivity contribution in [2.24, 2.45) is 0 Å². The van der Waals surface area contributed by atoms with Gasteiger partial charge in [-0.2, -0.15) is 0 Å². The first kappa shape index (κ1) is 18.1. The average molecular weight is 406 g/mol. The van der Waals surface area contributed by atoms with Crippen LogP contribution in [0.2, 0.25) is 5.02 Å². The van der Waals surface area contributed by atoms with E-state index in [0.717, 1.165) is 35.5 Å². The number of benzene rings is 3. The van der Waals surface area contributed by atoms with Crippen LogP contribution in [0.5, 0.6) is 11.5 Å². The Morgan fingerprint density at radius 1 is 0.897 bits per heavy atom. The van der Waals surface area contributed by atoms with Gasteiger partial charge in [0.15, 0.2) is 5.60 Å². The van der Waals surface area contributed by atoms with Crippen LogP contribution in [0.3, 0.4) is 0 Å². The Kier molecular flexibility index (Phi) is 4.07. The zero-order valence-electron chi connectivity index (χ0n) is 16.2. The molecule has 0 N–H and O–H groups in total. The standard InChI is InChI=1S/C24H20ClNO3/c1-3-26(4-2)16-10-12-20-22(14-16)28-21-13-15(25)9-11-19(21)24(20)18-8-6-5-7-17(18)23(27)29-24/h5-14H,3-4H2,1-2H3. The molecule has 146 valence electrons. The summed E-state index contributed by atoms with van der Waals surface area (Å²) >= 11 is 6.26. The normalized spacial score (nSPS) is 18.5. The fourth-order valence-corrected chi connectivity index (χ4v) is 4.59. The van der Waals surface area contributed by atoms with Gasteiger partial charge in [0.1, 0.15) is 11.5 Å². The summed E-state index contributed by atoms with van der Waals surface area (Å²) in [4.78, 5) is 15.0. The molecule has 2 aliphatic rings. The fraction of sp³-hybridized carbons (Fsp3) is 0.208. The first-order chi connectivity index (χ1) is 14.1. The monoisotopic (exact) mass is 405 g/mol. The van der Waals surface area contributed by atoms with Gasteiger partial charge in [-0.05, 0) is 50.2 Å². The Morgan fingerprint density at radius 3 is 2.34 bits per heavy atom. The van der Waals surface area contributed by atoms with Crippen LogP contribution in [0, 0.1) is 0 Å². The van der Waals surface area contributed by atoms with Crippen molar-refractivity contribution in [2.75, 3.05) is 18.0 Å². The van der Waals surface area contributed by atoms with Crippen LogP contribution < -0.4 is 9.64 Å². The molecular formula is C24H20ClNO3. The van der Waals surface area contributed by atoms with E-state index in [1.54, 1.807) is 18.2 Å². The lowest BCUT2D eigenvalue weighted by Crippen LogP contribution is -2.33. The van der Waals surface area contributed by atoms with E-state index < -0.39 is 5.60 Å². The highest BCUT2D eigenvalue weighted by atomic mass is 35.5. The largest absolute Gasteiger partial charge is 0.456 e. The molecule has 3 aromatic rings. The third-order valence-corrected chi connectivity index (χ3v) is 6.02. The summed E-state index contributed by atoms with van der Waals surface area (Å²) in [5, 5.41) is 0.569. The van der Waals surface area contributed by atoms with Gasteiger partial charge in [-0.15, -0.1) is 0 Å². The molecule has 0 amide bonds. The molecule has 0 fully saturated rings. The Hall–Kier alpha value is -2.98. The van der Waals surface area contributed by atoms with Crippen molar-refractivity contribution >= 4 is 23.3 Å². The minimum absolute atomic E-state index is 0.331. The molecule has 2 heterocycles. The molecular weight excluding hydrogens is 386 g/mol. The number of ether oxygens (including phenoxy) is 2. The summed E-state index contributed by atoms with van der Waals surface area (Å²) in [5.74, 6) is 0.946. The highest BCUT2D eigenvalue weighted by molar-refractivity contribution is 6.30. The van der Waals surface area contributed by atoms with Crippen LogP contribution in [-0.2, 0) is 10.3 Å². The van der Waals surface area contributed by atoms with Crippen molar-refractivity contribution in [2.45, 2.75) is 19.4 Å². The van der Waals surface area contributed by atoms with Gasteiger partial charge in [-0.25, -0.2) is 4.79 Å². The number of hydrogen-bond acceptors (Lipinski definition) is 4. The van der Waals surface area contributed by atoms with E-state index in [-0.39, 0.29) is 5.97 Å². The lowest BCUT2D eigenvalue weighted by molar-refractivity contribution is 0.0224. The van der Waals surface area contributed by atoms with Crippen molar-refractivity contribution in [3.05, 3.63) is 87.9 Å². The van der Waals surface area contributed by atoms with Crippen LogP contribution in [0.15, 0.2) is 60.7 Å². The van der Waals surface area contributed by atoms with E-state index in [2.05, 4.69) is 24.8 Å². The van der Waals surface area contributed by atoms with Gasteiger partial charge in [0.05, 0.1) is 5.56 Å². The van der Waals surface area contributed by atoms with Crippen molar-refractivity contribution in [3.63, 3.8) is 0 Å². The van der Waals surface area contributed by atoms with Crippen LogP contribution >= 0.6 is 11.6 Å². The molecule has 5 heteroatoms. The average Bonchev–Trinajstić information content (AvgIpc) is 3.02. The number of carbonyl (C=O) groups is 1. The molecule has 5 rings (SSSR count). The molecule has 0 radical (unpaired) electrons. The third-order valence-electron chi connectivity index (χ3n) is 5.79. The molecule has 0 aromatic heterocycles. The Labute approximate surface area is 174 Å². The van der Waals surface area contributed by atoms with E-state index >= 15 is 0 Å². The molecule has 4 nitrogen and oxygen atoms in total. The molecule has 1 atom stereocenters. The van der Waals surface area contributed by atoms with E-state index in [1.807, 2.05) is 36.4 Å². The molecule has 1 unspecified atom stereocenters. The van der Waals surface area contributed by atoms with Crippen molar-refractivity contribution in [1.82, 2.24) is 0 Å². The van der Waals surface area contributed by atoms with Crippen LogP contribution in [0.25, 0.3) is 0 Å². The number of carbonyl (C=O) groups excluding carboxylic acids is 1. The van der Waals surface area contributed by atoms with Gasteiger partial charge in [0.25, 0.3) is 0 Å². The quantitative estimate of drug-likeness (QED) is 0.520. The summed E-state index contributed by atoms with van der Waals surface area (Å²) in [7, 11) is 0. The van der Waals surface area contributed by atoms with Crippen LogP contribution in [0.1, 0.15) is 40.9 Å².